The van der Waals surface area contributed by atoms with Crippen molar-refractivity contribution in [3.05, 3.63) is 59.9 Å². The number of aryl methyl sites for hydroxylation is 1. The van der Waals surface area contributed by atoms with Crippen molar-refractivity contribution in [3.63, 3.8) is 0 Å². The fourth-order valence-electron chi connectivity index (χ4n) is 3.38. The number of ether oxygens (including phenoxy) is 1. The van der Waals surface area contributed by atoms with Crippen molar-refractivity contribution < 1.29 is 4.74 Å². The number of fused-ring (bicyclic) bond motifs is 2. The molecule has 0 spiro atoms. The Morgan fingerprint density at radius 2 is 2.00 bits per heavy atom. The van der Waals surface area contributed by atoms with Gasteiger partial charge in [-0.25, -0.2) is 4.98 Å². The van der Waals surface area contributed by atoms with Crippen molar-refractivity contribution >= 4 is 11.0 Å². The van der Waals surface area contributed by atoms with Crippen molar-refractivity contribution in [3.8, 4) is 5.75 Å². The molecule has 0 saturated heterocycles. The van der Waals surface area contributed by atoms with E-state index in [4.69, 9.17) is 9.72 Å². The van der Waals surface area contributed by atoms with E-state index in [1.54, 1.807) is 0 Å². The highest BCUT2D eigenvalue weighted by Gasteiger charge is 2.21. The van der Waals surface area contributed by atoms with E-state index in [0.29, 0.717) is 6.04 Å². The summed E-state index contributed by atoms with van der Waals surface area (Å²) >= 11 is 0. The number of imidazole rings is 1. The average Bonchev–Trinajstić information content (AvgIpc) is 2.97. The Kier molecular flexibility index (Phi) is 3.75. The molecule has 0 fully saturated rings. The Morgan fingerprint density at radius 1 is 1.17 bits per heavy atom. The maximum Gasteiger partial charge on any atom is 0.124 e. The Morgan fingerprint density at radius 3 is 2.91 bits per heavy atom. The number of nitrogens with zero attached hydrogens (tertiary/aromatic N) is 2. The summed E-state index contributed by atoms with van der Waals surface area (Å²) in [7, 11) is 0. The van der Waals surface area contributed by atoms with Crippen LogP contribution in [-0.4, -0.2) is 16.2 Å². The van der Waals surface area contributed by atoms with Gasteiger partial charge in [-0.15, -0.1) is 0 Å². The van der Waals surface area contributed by atoms with Crippen molar-refractivity contribution in [2.75, 3.05) is 6.61 Å². The highest BCUT2D eigenvalue weighted by atomic mass is 16.5. The second-order valence-corrected chi connectivity index (χ2v) is 5.87. The monoisotopic (exact) mass is 307 g/mol. The Bertz CT molecular complexity index is 824. The van der Waals surface area contributed by atoms with Crippen LogP contribution in [0.3, 0.4) is 0 Å². The number of nitrogens with one attached hydrogen (secondary N) is 1. The van der Waals surface area contributed by atoms with Gasteiger partial charge in [0.15, 0.2) is 0 Å². The first-order valence-electron chi connectivity index (χ1n) is 8.26. The van der Waals surface area contributed by atoms with Crippen LogP contribution in [-0.2, 0) is 13.1 Å². The summed E-state index contributed by atoms with van der Waals surface area (Å²) in [5.74, 6) is 2.10. The molecule has 4 heteroatoms. The zero-order valence-corrected chi connectivity index (χ0v) is 13.3. The number of para-hydroxylation sites is 3. The number of hydrogen-bond donors (Lipinski definition) is 1. The number of hydrogen-bond acceptors (Lipinski definition) is 3. The molecule has 1 atom stereocenters. The normalized spacial score (nSPS) is 17.0. The topological polar surface area (TPSA) is 39.1 Å². The zero-order chi connectivity index (χ0) is 15.6. The first-order chi connectivity index (χ1) is 11.4. The molecule has 2 aromatic carbocycles. The van der Waals surface area contributed by atoms with E-state index in [1.807, 2.05) is 18.2 Å². The number of rotatable bonds is 4. The lowest BCUT2D eigenvalue weighted by Gasteiger charge is -2.26. The van der Waals surface area contributed by atoms with E-state index in [1.165, 1.54) is 11.1 Å². The van der Waals surface area contributed by atoms with Crippen LogP contribution < -0.4 is 10.1 Å². The number of benzene rings is 2. The molecular weight excluding hydrogens is 286 g/mol. The van der Waals surface area contributed by atoms with Crippen molar-refractivity contribution in [1.82, 2.24) is 14.9 Å². The van der Waals surface area contributed by atoms with Crippen LogP contribution in [0.15, 0.2) is 48.5 Å². The summed E-state index contributed by atoms with van der Waals surface area (Å²) in [4.78, 5) is 4.79. The summed E-state index contributed by atoms with van der Waals surface area (Å²) < 4.78 is 8.02. The summed E-state index contributed by atoms with van der Waals surface area (Å²) in [6.45, 7) is 4.63. The van der Waals surface area contributed by atoms with Gasteiger partial charge in [-0.1, -0.05) is 30.3 Å². The van der Waals surface area contributed by atoms with Crippen LogP contribution in [0.5, 0.6) is 5.75 Å². The lowest BCUT2D eigenvalue weighted by atomic mass is 10.0. The van der Waals surface area contributed by atoms with Gasteiger partial charge in [0.05, 0.1) is 24.2 Å². The summed E-state index contributed by atoms with van der Waals surface area (Å²) in [5, 5.41) is 3.67. The minimum Gasteiger partial charge on any atom is -0.493 e. The lowest BCUT2D eigenvalue weighted by molar-refractivity contribution is 0.251. The van der Waals surface area contributed by atoms with Crippen LogP contribution in [0.25, 0.3) is 11.0 Å². The van der Waals surface area contributed by atoms with Gasteiger partial charge in [0.25, 0.3) is 0 Å². The second-order valence-electron chi connectivity index (χ2n) is 5.87. The van der Waals surface area contributed by atoms with E-state index in [-0.39, 0.29) is 0 Å². The third-order valence-electron chi connectivity index (χ3n) is 4.51. The molecule has 1 aliphatic heterocycles. The van der Waals surface area contributed by atoms with Gasteiger partial charge in [-0.05, 0) is 25.1 Å². The Labute approximate surface area is 136 Å². The maximum absolute atomic E-state index is 5.74. The Balaban J connectivity index is 1.58. The lowest BCUT2D eigenvalue weighted by Crippen LogP contribution is -2.27. The molecule has 1 N–H and O–H groups in total. The van der Waals surface area contributed by atoms with Crippen molar-refractivity contribution in [2.24, 2.45) is 0 Å². The SMILES string of the molecule is CCn1c(CN[C@H]2CCOc3ccccc32)nc2ccccc21. The molecule has 4 rings (SSSR count). The predicted molar refractivity (Wildman–Crippen MR) is 91.5 cm³/mol. The minimum absolute atomic E-state index is 0.324. The molecule has 0 saturated carbocycles. The van der Waals surface area contributed by atoms with Gasteiger partial charge < -0.3 is 14.6 Å². The van der Waals surface area contributed by atoms with E-state index in [2.05, 4.69) is 47.1 Å². The molecule has 3 aromatic rings. The molecule has 0 bridgehead atoms. The van der Waals surface area contributed by atoms with E-state index in [0.717, 1.165) is 43.2 Å². The molecule has 23 heavy (non-hydrogen) atoms. The average molecular weight is 307 g/mol. The van der Waals surface area contributed by atoms with Gasteiger partial charge in [0.1, 0.15) is 11.6 Å². The summed E-state index contributed by atoms with van der Waals surface area (Å²) in [6, 6.07) is 16.9. The van der Waals surface area contributed by atoms with Crippen molar-refractivity contribution in [1.29, 1.82) is 0 Å². The van der Waals surface area contributed by atoms with Gasteiger partial charge in [-0.3, -0.25) is 0 Å². The minimum atomic E-state index is 0.324. The molecule has 0 radical (unpaired) electrons. The molecule has 118 valence electrons. The van der Waals surface area contributed by atoms with E-state index < -0.39 is 0 Å². The molecule has 0 amide bonds. The molecule has 1 aliphatic rings. The highest BCUT2D eigenvalue weighted by Crippen LogP contribution is 2.31. The smallest absolute Gasteiger partial charge is 0.124 e. The summed E-state index contributed by atoms with van der Waals surface area (Å²) in [5.41, 5.74) is 3.52. The highest BCUT2D eigenvalue weighted by molar-refractivity contribution is 5.75. The molecule has 0 unspecified atom stereocenters. The molecule has 1 aromatic heterocycles. The van der Waals surface area contributed by atoms with Crippen LogP contribution in [0.4, 0.5) is 0 Å². The van der Waals surface area contributed by atoms with Crippen LogP contribution in [0, 0.1) is 0 Å². The van der Waals surface area contributed by atoms with Gasteiger partial charge in [0.2, 0.25) is 0 Å². The summed E-state index contributed by atoms with van der Waals surface area (Å²) in [6.07, 6.45) is 0.989. The third kappa shape index (κ3) is 2.59. The van der Waals surface area contributed by atoms with Gasteiger partial charge in [-0.2, -0.15) is 0 Å². The maximum atomic E-state index is 5.74. The third-order valence-corrected chi connectivity index (χ3v) is 4.51. The van der Waals surface area contributed by atoms with E-state index in [9.17, 15) is 0 Å². The van der Waals surface area contributed by atoms with E-state index >= 15 is 0 Å². The quantitative estimate of drug-likeness (QED) is 0.799. The second kappa shape index (κ2) is 6.05. The van der Waals surface area contributed by atoms with Gasteiger partial charge >= 0.3 is 0 Å². The fraction of sp³-hybridized carbons (Fsp3) is 0.316. The van der Waals surface area contributed by atoms with Crippen LogP contribution in [0.1, 0.15) is 30.8 Å². The Hall–Kier alpha value is -2.33. The standard InChI is InChI=1S/C19H21N3O/c1-2-22-17-9-5-4-8-16(17)21-19(22)13-20-15-11-12-23-18-10-6-3-7-14(15)18/h3-10,15,20H,2,11-13H2,1H3/t15-/m0/s1. The van der Waals surface area contributed by atoms with Crippen molar-refractivity contribution in [2.45, 2.75) is 32.5 Å². The fourth-order valence-corrected chi connectivity index (χ4v) is 3.38. The first-order valence-corrected chi connectivity index (χ1v) is 8.26. The predicted octanol–water partition coefficient (Wildman–Crippen LogP) is 3.67. The van der Waals surface area contributed by atoms with Crippen LogP contribution in [0.2, 0.25) is 0 Å². The largest absolute Gasteiger partial charge is 0.493 e. The molecule has 2 heterocycles. The molecular formula is C19H21N3O. The first kappa shape index (κ1) is 14.3. The zero-order valence-electron chi connectivity index (χ0n) is 13.3. The number of aromatic nitrogens is 2. The van der Waals surface area contributed by atoms with Crippen LogP contribution >= 0.6 is 0 Å². The van der Waals surface area contributed by atoms with Gasteiger partial charge in [0, 0.05) is 24.6 Å². The molecule has 0 aliphatic carbocycles. The molecule has 4 nitrogen and oxygen atoms in total.